The van der Waals surface area contributed by atoms with Gasteiger partial charge in [-0.15, -0.1) is 0 Å². The molecular formula is C14H15Cl2N3. The molecule has 0 saturated carbocycles. The largest absolute Gasteiger partial charge is 0.377 e. The number of benzene rings is 1. The van der Waals surface area contributed by atoms with Gasteiger partial charge in [-0.3, -0.25) is 4.68 Å². The Morgan fingerprint density at radius 2 is 2.21 bits per heavy atom. The molecule has 1 aliphatic carbocycles. The van der Waals surface area contributed by atoms with Crippen LogP contribution in [0.5, 0.6) is 0 Å². The number of hydrogen-bond donors (Lipinski definition) is 1. The van der Waals surface area contributed by atoms with E-state index in [-0.39, 0.29) is 6.04 Å². The highest BCUT2D eigenvalue weighted by molar-refractivity contribution is 6.35. The quantitative estimate of drug-likeness (QED) is 0.899. The first kappa shape index (κ1) is 12.8. The normalized spacial score (nSPS) is 18.2. The fourth-order valence-corrected chi connectivity index (χ4v) is 3.00. The summed E-state index contributed by atoms with van der Waals surface area (Å²) in [6.45, 7) is 0. The predicted molar refractivity (Wildman–Crippen MR) is 79.0 cm³/mol. The van der Waals surface area contributed by atoms with E-state index in [0.29, 0.717) is 10.0 Å². The summed E-state index contributed by atoms with van der Waals surface area (Å²) in [5.41, 5.74) is 3.46. The van der Waals surface area contributed by atoms with Crippen molar-refractivity contribution in [2.45, 2.75) is 25.3 Å². The zero-order chi connectivity index (χ0) is 13.4. The Labute approximate surface area is 122 Å². The van der Waals surface area contributed by atoms with Crippen LogP contribution in [0.15, 0.2) is 24.4 Å². The lowest BCUT2D eigenvalue weighted by Crippen LogP contribution is -2.17. The standard InChI is InChI=1S/C14H15Cl2N3/c1-19-14-4-2-3-12(10(14)8-17-19)18-13-7-9(15)5-6-11(13)16/h5-8,12,18H,2-4H2,1H3. The molecule has 1 unspecified atom stereocenters. The Hall–Kier alpha value is -1.19. The maximum Gasteiger partial charge on any atom is 0.0638 e. The first-order chi connectivity index (χ1) is 9.15. The van der Waals surface area contributed by atoms with Gasteiger partial charge in [-0.2, -0.15) is 5.10 Å². The topological polar surface area (TPSA) is 29.9 Å². The average Bonchev–Trinajstić information content (AvgIpc) is 2.77. The minimum atomic E-state index is 0.258. The van der Waals surface area contributed by atoms with E-state index in [0.717, 1.165) is 24.9 Å². The number of rotatable bonds is 2. The van der Waals surface area contributed by atoms with Gasteiger partial charge in [-0.1, -0.05) is 23.2 Å². The number of halogens is 2. The van der Waals surface area contributed by atoms with Crippen LogP contribution in [0.4, 0.5) is 5.69 Å². The number of aryl methyl sites for hydroxylation is 1. The molecular weight excluding hydrogens is 281 g/mol. The van der Waals surface area contributed by atoms with Crippen LogP contribution in [0.3, 0.4) is 0 Å². The van der Waals surface area contributed by atoms with Crippen molar-refractivity contribution >= 4 is 28.9 Å². The Bertz CT molecular complexity index is 607. The molecule has 0 bridgehead atoms. The van der Waals surface area contributed by atoms with Gasteiger partial charge in [-0.05, 0) is 37.5 Å². The molecule has 100 valence electrons. The molecule has 1 N–H and O–H groups in total. The summed E-state index contributed by atoms with van der Waals surface area (Å²) < 4.78 is 1.96. The first-order valence-electron chi connectivity index (χ1n) is 6.37. The van der Waals surface area contributed by atoms with E-state index < -0.39 is 0 Å². The van der Waals surface area contributed by atoms with Crippen molar-refractivity contribution < 1.29 is 0 Å². The molecule has 1 aliphatic rings. The summed E-state index contributed by atoms with van der Waals surface area (Å²) in [5.74, 6) is 0. The lowest BCUT2D eigenvalue weighted by Gasteiger charge is -2.25. The second-order valence-electron chi connectivity index (χ2n) is 4.88. The zero-order valence-corrected chi connectivity index (χ0v) is 12.2. The number of anilines is 1. The average molecular weight is 296 g/mol. The van der Waals surface area contributed by atoms with E-state index in [2.05, 4.69) is 10.4 Å². The van der Waals surface area contributed by atoms with Gasteiger partial charge in [-0.25, -0.2) is 0 Å². The van der Waals surface area contributed by atoms with Crippen molar-refractivity contribution in [1.82, 2.24) is 9.78 Å². The Morgan fingerprint density at radius 1 is 1.37 bits per heavy atom. The third kappa shape index (κ3) is 2.45. The predicted octanol–water partition coefficient (Wildman–Crippen LogP) is 4.22. The van der Waals surface area contributed by atoms with Gasteiger partial charge in [0.15, 0.2) is 0 Å². The fraction of sp³-hybridized carbons (Fsp3) is 0.357. The Kier molecular flexibility index (Phi) is 3.42. The zero-order valence-electron chi connectivity index (χ0n) is 10.7. The van der Waals surface area contributed by atoms with Crippen LogP contribution in [-0.4, -0.2) is 9.78 Å². The third-order valence-corrected chi connectivity index (χ3v) is 4.20. The van der Waals surface area contributed by atoms with E-state index >= 15 is 0 Å². The summed E-state index contributed by atoms with van der Waals surface area (Å²) in [5, 5.41) is 9.22. The molecule has 0 spiro atoms. The molecule has 3 rings (SSSR count). The fourth-order valence-electron chi connectivity index (χ4n) is 2.65. The van der Waals surface area contributed by atoms with Gasteiger partial charge in [0.05, 0.1) is 22.9 Å². The molecule has 0 radical (unpaired) electrons. The second kappa shape index (κ2) is 5.06. The summed E-state index contributed by atoms with van der Waals surface area (Å²) in [6, 6.07) is 5.74. The molecule has 0 fully saturated rings. The minimum absolute atomic E-state index is 0.258. The molecule has 1 aromatic carbocycles. The van der Waals surface area contributed by atoms with Gasteiger partial charge in [0.2, 0.25) is 0 Å². The smallest absolute Gasteiger partial charge is 0.0638 e. The van der Waals surface area contributed by atoms with Gasteiger partial charge in [0.1, 0.15) is 0 Å². The molecule has 1 aromatic heterocycles. The maximum absolute atomic E-state index is 6.21. The van der Waals surface area contributed by atoms with Gasteiger partial charge in [0, 0.05) is 23.3 Å². The molecule has 3 nitrogen and oxygen atoms in total. The van der Waals surface area contributed by atoms with Crippen LogP contribution in [0, 0.1) is 0 Å². The summed E-state index contributed by atoms with van der Waals surface area (Å²) in [7, 11) is 1.99. The Balaban J connectivity index is 1.90. The van der Waals surface area contributed by atoms with Gasteiger partial charge < -0.3 is 5.32 Å². The molecule has 1 heterocycles. The molecule has 2 aromatic rings. The van der Waals surface area contributed by atoms with Gasteiger partial charge >= 0.3 is 0 Å². The van der Waals surface area contributed by atoms with Crippen molar-refractivity contribution in [3.05, 3.63) is 45.7 Å². The first-order valence-corrected chi connectivity index (χ1v) is 7.13. The number of nitrogens with one attached hydrogen (secondary N) is 1. The van der Waals surface area contributed by atoms with Crippen LogP contribution in [0.2, 0.25) is 10.0 Å². The second-order valence-corrected chi connectivity index (χ2v) is 5.73. The van der Waals surface area contributed by atoms with Crippen molar-refractivity contribution in [2.75, 3.05) is 5.32 Å². The van der Waals surface area contributed by atoms with E-state index in [4.69, 9.17) is 23.2 Å². The monoisotopic (exact) mass is 295 g/mol. The van der Waals surface area contributed by atoms with Crippen LogP contribution in [-0.2, 0) is 13.5 Å². The summed E-state index contributed by atoms with van der Waals surface area (Å²) >= 11 is 12.2. The van der Waals surface area contributed by atoms with Crippen molar-refractivity contribution in [3.8, 4) is 0 Å². The minimum Gasteiger partial charge on any atom is -0.377 e. The molecule has 0 amide bonds. The van der Waals surface area contributed by atoms with Crippen molar-refractivity contribution in [2.24, 2.45) is 7.05 Å². The molecule has 19 heavy (non-hydrogen) atoms. The van der Waals surface area contributed by atoms with E-state index in [9.17, 15) is 0 Å². The lowest BCUT2D eigenvalue weighted by molar-refractivity contribution is 0.571. The van der Waals surface area contributed by atoms with E-state index in [1.54, 1.807) is 6.07 Å². The van der Waals surface area contributed by atoms with E-state index in [1.165, 1.54) is 11.3 Å². The number of aromatic nitrogens is 2. The number of nitrogens with zero attached hydrogens (tertiary/aromatic N) is 2. The number of hydrogen-bond acceptors (Lipinski definition) is 2. The summed E-state index contributed by atoms with van der Waals surface area (Å²) in [6.07, 6.45) is 5.28. The van der Waals surface area contributed by atoms with Crippen LogP contribution >= 0.6 is 23.2 Å². The molecule has 5 heteroatoms. The highest BCUT2D eigenvalue weighted by Crippen LogP contribution is 2.35. The molecule has 0 saturated heterocycles. The van der Waals surface area contributed by atoms with Crippen molar-refractivity contribution in [1.29, 1.82) is 0 Å². The SMILES string of the molecule is Cn1ncc2c1CCCC2Nc1cc(Cl)ccc1Cl. The lowest BCUT2D eigenvalue weighted by atomic mass is 9.93. The van der Waals surface area contributed by atoms with Crippen molar-refractivity contribution in [3.63, 3.8) is 0 Å². The van der Waals surface area contributed by atoms with Crippen LogP contribution in [0.1, 0.15) is 30.1 Å². The Morgan fingerprint density at radius 3 is 3.05 bits per heavy atom. The summed E-state index contributed by atoms with van der Waals surface area (Å²) in [4.78, 5) is 0. The molecule has 0 aliphatic heterocycles. The maximum atomic E-state index is 6.21. The third-order valence-electron chi connectivity index (χ3n) is 3.63. The highest BCUT2D eigenvalue weighted by atomic mass is 35.5. The van der Waals surface area contributed by atoms with E-state index in [1.807, 2.05) is 30.1 Å². The van der Waals surface area contributed by atoms with Crippen LogP contribution < -0.4 is 5.32 Å². The van der Waals surface area contributed by atoms with Gasteiger partial charge in [0.25, 0.3) is 0 Å². The number of fused-ring (bicyclic) bond motifs is 1. The highest BCUT2D eigenvalue weighted by Gasteiger charge is 2.23. The molecule has 1 atom stereocenters. The van der Waals surface area contributed by atoms with Crippen LogP contribution in [0.25, 0.3) is 0 Å².